The molecule has 0 saturated heterocycles. The molecule has 14 aromatic rings. The lowest BCUT2D eigenvalue weighted by Gasteiger charge is -2.18. The lowest BCUT2D eigenvalue weighted by atomic mass is 9.86. The van der Waals surface area contributed by atoms with Crippen LogP contribution >= 0.6 is 0 Å². The Bertz CT molecular complexity index is 3950. The van der Waals surface area contributed by atoms with Crippen molar-refractivity contribution in [2.45, 2.75) is 0 Å². The van der Waals surface area contributed by atoms with E-state index in [1.165, 1.54) is 142 Å². The zero-order chi connectivity index (χ0) is 43.6. The molecule has 2 nitrogen and oxygen atoms in total. The second-order valence-corrected chi connectivity index (χ2v) is 18.0. The first-order chi connectivity index (χ1) is 32.6. The molecule has 0 aliphatic heterocycles. The molecule has 0 amide bonds. The number of benzene rings is 12. The van der Waals surface area contributed by atoms with Gasteiger partial charge in [0.1, 0.15) is 0 Å². The summed E-state index contributed by atoms with van der Waals surface area (Å²) in [5.74, 6) is 0. The monoisotopic (exact) mass is 838 g/mol. The average molecular weight is 839 g/mol. The van der Waals surface area contributed by atoms with E-state index in [0.717, 1.165) is 0 Å². The molecule has 14 rings (SSSR count). The summed E-state index contributed by atoms with van der Waals surface area (Å²) < 4.78 is 4.93. The predicted octanol–water partition coefficient (Wildman–Crippen LogP) is 17.4. The first kappa shape index (κ1) is 37.0. The zero-order valence-corrected chi connectivity index (χ0v) is 36.7. The maximum Gasteiger partial charge on any atom is 0.0742 e. The summed E-state index contributed by atoms with van der Waals surface area (Å²) in [6.07, 6.45) is 0. The third kappa shape index (κ3) is 5.07. The summed E-state index contributed by atoms with van der Waals surface area (Å²) in [4.78, 5) is 0. The maximum absolute atomic E-state index is 2.47. The van der Waals surface area contributed by atoms with Crippen LogP contribution in [-0.4, -0.2) is 9.13 Å². The molecule has 0 unspecified atom stereocenters. The highest BCUT2D eigenvalue weighted by atomic mass is 15.0. The number of hydrogen-bond acceptors (Lipinski definition) is 0. The van der Waals surface area contributed by atoms with E-state index < -0.39 is 0 Å². The minimum Gasteiger partial charge on any atom is -0.342 e. The second kappa shape index (κ2) is 14.0. The van der Waals surface area contributed by atoms with E-state index in [4.69, 9.17) is 0 Å². The van der Waals surface area contributed by atoms with Gasteiger partial charge in [-0.2, -0.15) is 0 Å². The molecule has 0 bridgehead atoms. The standard InChI is InChI=1S/C64H42N2/c1-65-55-37-41(59-47-27-13-9-23-43(47)57(39-19-5-3-6-20-39)44-24-10-14-28-48(44)59)33-35-53(55)61-51-31-17-18-32-52(51)62-54-36-34-42(38-56(54)66(2)64(62)63(61)65)60-49-29-15-11-25-45(49)58(40-21-7-4-8-22-40)46-26-12-16-30-50(46)60/h3-38H,1-2H3. The number of aryl methyl sites for hydroxylation is 2. The molecule has 0 aliphatic rings. The van der Waals surface area contributed by atoms with Crippen LogP contribution in [0.1, 0.15) is 0 Å². The SMILES string of the molecule is Cn1c2cc(-c3c4ccccc4c(-c4ccccc4)c4ccccc34)ccc2c2c3ccccc3c3c4ccc(-c5c6ccccc6c(-c6ccccc6)c6ccccc56)cc4n(C)c3c21. The van der Waals surface area contributed by atoms with Crippen LogP contribution < -0.4 is 0 Å². The molecule has 0 saturated carbocycles. The Morgan fingerprint density at radius 3 is 0.788 bits per heavy atom. The van der Waals surface area contributed by atoms with Crippen molar-refractivity contribution in [3.05, 3.63) is 218 Å². The highest BCUT2D eigenvalue weighted by Gasteiger charge is 2.24. The van der Waals surface area contributed by atoms with E-state index in [1.807, 2.05) is 0 Å². The van der Waals surface area contributed by atoms with Crippen molar-refractivity contribution in [1.29, 1.82) is 0 Å². The van der Waals surface area contributed by atoms with Gasteiger partial charge in [-0.3, -0.25) is 0 Å². The molecule has 308 valence electrons. The lowest BCUT2D eigenvalue weighted by molar-refractivity contribution is 0.987. The second-order valence-electron chi connectivity index (χ2n) is 18.0. The van der Waals surface area contributed by atoms with Crippen LogP contribution in [0.2, 0.25) is 0 Å². The van der Waals surface area contributed by atoms with Gasteiger partial charge >= 0.3 is 0 Å². The van der Waals surface area contributed by atoms with Gasteiger partial charge in [-0.05, 0) is 111 Å². The van der Waals surface area contributed by atoms with Gasteiger partial charge < -0.3 is 9.13 Å². The molecule has 2 heteroatoms. The first-order valence-corrected chi connectivity index (χ1v) is 23.0. The van der Waals surface area contributed by atoms with Gasteiger partial charge in [-0.25, -0.2) is 0 Å². The largest absolute Gasteiger partial charge is 0.342 e. The summed E-state index contributed by atoms with van der Waals surface area (Å²) in [5.41, 5.74) is 15.0. The van der Waals surface area contributed by atoms with E-state index in [9.17, 15) is 0 Å². The van der Waals surface area contributed by atoms with E-state index in [-0.39, 0.29) is 0 Å². The van der Waals surface area contributed by atoms with Crippen molar-refractivity contribution in [3.63, 3.8) is 0 Å². The number of aromatic nitrogens is 2. The molecule has 0 fully saturated rings. The average Bonchev–Trinajstić information content (AvgIpc) is 3.84. The Labute approximate surface area is 381 Å². The van der Waals surface area contributed by atoms with Gasteiger partial charge in [0.25, 0.3) is 0 Å². The Hall–Kier alpha value is -8.46. The summed E-state index contributed by atoms with van der Waals surface area (Å²) in [6.45, 7) is 0. The quantitative estimate of drug-likeness (QED) is 0.156. The van der Waals surface area contributed by atoms with Crippen molar-refractivity contribution in [2.24, 2.45) is 14.1 Å². The molecular weight excluding hydrogens is 797 g/mol. The van der Waals surface area contributed by atoms with Crippen molar-refractivity contribution in [1.82, 2.24) is 9.13 Å². The summed E-state index contributed by atoms with van der Waals surface area (Å²) in [6, 6.07) is 81.0. The highest BCUT2D eigenvalue weighted by Crippen LogP contribution is 2.49. The van der Waals surface area contributed by atoms with Crippen LogP contribution in [0.3, 0.4) is 0 Å². The van der Waals surface area contributed by atoms with E-state index in [1.54, 1.807) is 0 Å². The molecular formula is C64H42N2. The number of hydrogen-bond donors (Lipinski definition) is 0. The van der Waals surface area contributed by atoms with Gasteiger partial charge in [-0.1, -0.05) is 206 Å². The van der Waals surface area contributed by atoms with Crippen molar-refractivity contribution in [2.75, 3.05) is 0 Å². The van der Waals surface area contributed by atoms with Crippen molar-refractivity contribution in [3.8, 4) is 44.5 Å². The molecule has 2 aromatic heterocycles. The summed E-state index contributed by atoms with van der Waals surface area (Å²) >= 11 is 0. The van der Waals surface area contributed by atoms with Crippen molar-refractivity contribution >= 4 is 97.5 Å². The van der Waals surface area contributed by atoms with Crippen LogP contribution in [-0.2, 0) is 14.1 Å². The van der Waals surface area contributed by atoms with Crippen LogP contribution in [0.5, 0.6) is 0 Å². The molecule has 12 aromatic carbocycles. The predicted molar refractivity (Wildman–Crippen MR) is 284 cm³/mol. The maximum atomic E-state index is 2.47. The Morgan fingerprint density at radius 1 is 0.227 bits per heavy atom. The third-order valence-electron chi connectivity index (χ3n) is 14.7. The molecule has 0 atom stereocenters. The Kier molecular flexibility index (Phi) is 7.85. The summed E-state index contributed by atoms with van der Waals surface area (Å²) in [7, 11) is 4.54. The molecule has 0 aliphatic carbocycles. The van der Waals surface area contributed by atoms with Crippen LogP contribution in [0.15, 0.2) is 218 Å². The molecule has 0 N–H and O–H groups in total. The van der Waals surface area contributed by atoms with E-state index in [0.29, 0.717) is 0 Å². The smallest absolute Gasteiger partial charge is 0.0742 e. The number of nitrogens with zero attached hydrogens (tertiary/aromatic N) is 2. The lowest BCUT2D eigenvalue weighted by Crippen LogP contribution is -1.94. The fraction of sp³-hybridized carbons (Fsp3) is 0.0312. The van der Waals surface area contributed by atoms with Crippen LogP contribution in [0.4, 0.5) is 0 Å². The van der Waals surface area contributed by atoms with Crippen molar-refractivity contribution < 1.29 is 0 Å². The molecule has 0 radical (unpaired) electrons. The van der Waals surface area contributed by atoms with E-state index in [2.05, 4.69) is 242 Å². The van der Waals surface area contributed by atoms with Gasteiger partial charge in [-0.15, -0.1) is 0 Å². The fourth-order valence-corrected chi connectivity index (χ4v) is 11.9. The highest BCUT2D eigenvalue weighted by molar-refractivity contribution is 6.36. The van der Waals surface area contributed by atoms with Gasteiger partial charge in [0, 0.05) is 46.7 Å². The Balaban J connectivity index is 1.04. The molecule has 66 heavy (non-hydrogen) atoms. The van der Waals surface area contributed by atoms with Crippen LogP contribution in [0, 0.1) is 0 Å². The van der Waals surface area contributed by atoms with Gasteiger partial charge in [0.15, 0.2) is 0 Å². The number of rotatable bonds is 4. The number of fused-ring (bicyclic) bond motifs is 14. The minimum absolute atomic E-state index is 1.22. The zero-order valence-electron chi connectivity index (χ0n) is 36.7. The Morgan fingerprint density at radius 2 is 0.485 bits per heavy atom. The first-order valence-electron chi connectivity index (χ1n) is 23.0. The third-order valence-corrected chi connectivity index (χ3v) is 14.7. The van der Waals surface area contributed by atoms with Gasteiger partial charge in [0.05, 0.1) is 11.0 Å². The molecule has 0 spiro atoms. The molecule has 2 heterocycles. The normalized spacial score (nSPS) is 12.1. The minimum atomic E-state index is 1.22. The summed E-state index contributed by atoms with van der Waals surface area (Å²) in [5, 5.41) is 17.8. The van der Waals surface area contributed by atoms with Gasteiger partial charge in [0.2, 0.25) is 0 Å². The van der Waals surface area contributed by atoms with E-state index >= 15 is 0 Å². The van der Waals surface area contributed by atoms with Crippen LogP contribution in [0.25, 0.3) is 142 Å². The fourth-order valence-electron chi connectivity index (χ4n) is 11.9. The topological polar surface area (TPSA) is 9.86 Å².